The SMILES string of the molecule is Cc1c(C(=O)Nc2cccc(NS(C)(=O)=O)c2)cccc1[N+](=O)[O-]. The van der Waals surface area contributed by atoms with Crippen LogP contribution in [0, 0.1) is 17.0 Å². The summed E-state index contributed by atoms with van der Waals surface area (Å²) in [7, 11) is -3.43. The van der Waals surface area contributed by atoms with Crippen molar-refractivity contribution in [2.24, 2.45) is 0 Å². The van der Waals surface area contributed by atoms with E-state index in [1.165, 1.54) is 37.3 Å². The largest absolute Gasteiger partial charge is 0.322 e. The van der Waals surface area contributed by atoms with E-state index < -0.39 is 20.9 Å². The lowest BCUT2D eigenvalue weighted by Gasteiger charge is -2.10. The Hall–Kier alpha value is -2.94. The van der Waals surface area contributed by atoms with Gasteiger partial charge in [0.2, 0.25) is 10.0 Å². The van der Waals surface area contributed by atoms with Crippen LogP contribution in [0.15, 0.2) is 42.5 Å². The Morgan fingerprint density at radius 1 is 1.12 bits per heavy atom. The molecular formula is C15H15N3O5S. The first-order valence-electron chi connectivity index (χ1n) is 6.80. The molecule has 0 aliphatic heterocycles. The standard InChI is InChI=1S/C15H15N3O5S/c1-10-13(7-4-8-14(10)18(20)21)15(19)16-11-5-3-6-12(9-11)17-24(2,22)23/h3-9,17H,1-2H3,(H,16,19). The van der Waals surface area contributed by atoms with Crippen LogP contribution in [0.2, 0.25) is 0 Å². The lowest BCUT2D eigenvalue weighted by Crippen LogP contribution is -2.15. The van der Waals surface area contributed by atoms with Crippen LogP contribution in [-0.4, -0.2) is 25.5 Å². The molecule has 0 atom stereocenters. The Bertz CT molecular complexity index is 909. The van der Waals surface area contributed by atoms with E-state index in [4.69, 9.17) is 0 Å². The van der Waals surface area contributed by atoms with Crippen LogP contribution < -0.4 is 10.0 Å². The molecule has 0 aliphatic carbocycles. The van der Waals surface area contributed by atoms with E-state index in [0.717, 1.165) is 6.26 Å². The van der Waals surface area contributed by atoms with Gasteiger partial charge in [-0.25, -0.2) is 8.42 Å². The van der Waals surface area contributed by atoms with Crippen molar-refractivity contribution in [3.63, 3.8) is 0 Å². The van der Waals surface area contributed by atoms with Gasteiger partial charge >= 0.3 is 0 Å². The Labute approximate surface area is 138 Å². The molecule has 0 heterocycles. The van der Waals surface area contributed by atoms with Crippen molar-refractivity contribution in [1.29, 1.82) is 0 Å². The summed E-state index contributed by atoms with van der Waals surface area (Å²) in [5.41, 5.74) is 0.942. The van der Waals surface area contributed by atoms with Crippen molar-refractivity contribution in [3.8, 4) is 0 Å². The Morgan fingerprint density at radius 3 is 2.38 bits per heavy atom. The summed E-state index contributed by atoms with van der Waals surface area (Å²) in [6, 6.07) is 10.4. The average Bonchev–Trinajstić information content (AvgIpc) is 2.45. The molecule has 0 aromatic heterocycles. The first kappa shape index (κ1) is 17.4. The van der Waals surface area contributed by atoms with Crippen LogP contribution in [0.1, 0.15) is 15.9 Å². The predicted octanol–water partition coefficient (Wildman–Crippen LogP) is 2.53. The molecule has 0 radical (unpaired) electrons. The number of anilines is 2. The molecule has 0 aliphatic rings. The number of rotatable bonds is 5. The summed E-state index contributed by atoms with van der Waals surface area (Å²) in [6.07, 6.45) is 1.02. The zero-order valence-corrected chi connectivity index (χ0v) is 13.8. The molecule has 9 heteroatoms. The lowest BCUT2D eigenvalue weighted by atomic mass is 10.1. The topological polar surface area (TPSA) is 118 Å². The van der Waals surface area contributed by atoms with Gasteiger partial charge in [0.1, 0.15) is 0 Å². The van der Waals surface area contributed by atoms with E-state index in [9.17, 15) is 23.3 Å². The molecule has 0 saturated carbocycles. The molecule has 0 bridgehead atoms. The third-order valence-corrected chi connectivity index (χ3v) is 3.78. The molecule has 2 rings (SSSR count). The summed E-state index contributed by atoms with van der Waals surface area (Å²) in [6.45, 7) is 1.49. The Kier molecular flexibility index (Phi) is 4.84. The number of hydrogen-bond acceptors (Lipinski definition) is 5. The molecule has 0 fully saturated rings. The molecular weight excluding hydrogens is 334 g/mol. The zero-order valence-electron chi connectivity index (χ0n) is 12.9. The third kappa shape index (κ3) is 4.29. The second-order valence-electron chi connectivity index (χ2n) is 5.12. The first-order valence-corrected chi connectivity index (χ1v) is 8.70. The molecule has 24 heavy (non-hydrogen) atoms. The van der Waals surface area contributed by atoms with Crippen molar-refractivity contribution < 1.29 is 18.1 Å². The number of hydrogen-bond donors (Lipinski definition) is 2. The molecule has 0 spiro atoms. The van der Waals surface area contributed by atoms with Crippen LogP contribution >= 0.6 is 0 Å². The number of sulfonamides is 1. The van der Waals surface area contributed by atoms with E-state index in [2.05, 4.69) is 10.0 Å². The second kappa shape index (κ2) is 6.67. The van der Waals surface area contributed by atoms with Crippen LogP contribution in [0.5, 0.6) is 0 Å². The molecule has 2 N–H and O–H groups in total. The minimum atomic E-state index is -3.43. The predicted molar refractivity (Wildman–Crippen MR) is 90.7 cm³/mol. The van der Waals surface area contributed by atoms with Crippen LogP contribution in [0.3, 0.4) is 0 Å². The number of nitrogens with one attached hydrogen (secondary N) is 2. The van der Waals surface area contributed by atoms with Gasteiger partial charge in [0, 0.05) is 22.9 Å². The molecule has 126 valence electrons. The number of carbonyl (C=O) groups is 1. The third-order valence-electron chi connectivity index (χ3n) is 3.17. The molecule has 1 amide bonds. The van der Waals surface area contributed by atoms with Gasteiger partial charge in [-0.3, -0.25) is 19.6 Å². The molecule has 8 nitrogen and oxygen atoms in total. The van der Waals surface area contributed by atoms with E-state index >= 15 is 0 Å². The molecule has 2 aromatic rings. The van der Waals surface area contributed by atoms with Crippen LogP contribution in [0.25, 0.3) is 0 Å². The van der Waals surface area contributed by atoms with Crippen molar-refractivity contribution in [1.82, 2.24) is 0 Å². The fourth-order valence-electron chi connectivity index (χ4n) is 2.14. The van der Waals surface area contributed by atoms with E-state index in [1.54, 1.807) is 12.1 Å². The molecule has 2 aromatic carbocycles. The van der Waals surface area contributed by atoms with Crippen molar-refractivity contribution in [3.05, 3.63) is 63.7 Å². The van der Waals surface area contributed by atoms with E-state index in [-0.39, 0.29) is 16.8 Å². The fraction of sp³-hybridized carbons (Fsp3) is 0.133. The number of benzene rings is 2. The highest BCUT2D eigenvalue weighted by Gasteiger charge is 2.18. The van der Waals surface area contributed by atoms with Gasteiger partial charge in [-0.15, -0.1) is 0 Å². The average molecular weight is 349 g/mol. The van der Waals surface area contributed by atoms with Crippen molar-refractivity contribution >= 4 is 33.0 Å². The Balaban J connectivity index is 2.26. The normalized spacial score (nSPS) is 10.9. The van der Waals surface area contributed by atoms with Gasteiger partial charge < -0.3 is 5.32 Å². The van der Waals surface area contributed by atoms with E-state index in [0.29, 0.717) is 11.4 Å². The second-order valence-corrected chi connectivity index (χ2v) is 6.86. The van der Waals surface area contributed by atoms with Gasteiger partial charge in [0.25, 0.3) is 11.6 Å². The maximum Gasteiger partial charge on any atom is 0.273 e. The van der Waals surface area contributed by atoms with Crippen molar-refractivity contribution in [2.45, 2.75) is 6.92 Å². The van der Waals surface area contributed by atoms with Gasteiger partial charge in [-0.2, -0.15) is 0 Å². The number of amides is 1. The number of nitro groups is 1. The summed E-state index contributed by atoms with van der Waals surface area (Å²) in [5.74, 6) is -0.521. The highest BCUT2D eigenvalue weighted by atomic mass is 32.2. The first-order chi connectivity index (χ1) is 11.2. The minimum absolute atomic E-state index is 0.143. The molecule has 0 unspecified atom stereocenters. The highest BCUT2D eigenvalue weighted by Crippen LogP contribution is 2.23. The van der Waals surface area contributed by atoms with E-state index in [1.807, 2.05) is 0 Å². The quantitative estimate of drug-likeness (QED) is 0.635. The number of nitro benzene ring substituents is 1. The van der Waals surface area contributed by atoms with Crippen LogP contribution in [-0.2, 0) is 10.0 Å². The van der Waals surface area contributed by atoms with Gasteiger partial charge in [0.15, 0.2) is 0 Å². The van der Waals surface area contributed by atoms with Gasteiger partial charge in [-0.1, -0.05) is 12.1 Å². The summed E-state index contributed by atoms with van der Waals surface area (Å²) < 4.78 is 24.8. The monoisotopic (exact) mass is 349 g/mol. The number of nitrogens with zero attached hydrogens (tertiary/aromatic N) is 1. The van der Waals surface area contributed by atoms with Gasteiger partial charge in [-0.05, 0) is 31.2 Å². The summed E-state index contributed by atoms with van der Waals surface area (Å²) in [4.78, 5) is 22.7. The Morgan fingerprint density at radius 2 is 1.75 bits per heavy atom. The summed E-state index contributed by atoms with van der Waals surface area (Å²) >= 11 is 0. The van der Waals surface area contributed by atoms with Crippen LogP contribution in [0.4, 0.5) is 17.1 Å². The lowest BCUT2D eigenvalue weighted by molar-refractivity contribution is -0.385. The molecule has 0 saturated heterocycles. The maximum atomic E-state index is 12.3. The smallest absolute Gasteiger partial charge is 0.273 e. The minimum Gasteiger partial charge on any atom is -0.322 e. The maximum absolute atomic E-state index is 12.3. The van der Waals surface area contributed by atoms with Crippen molar-refractivity contribution in [2.75, 3.05) is 16.3 Å². The summed E-state index contributed by atoms with van der Waals surface area (Å²) in [5, 5.41) is 13.5. The number of carbonyl (C=O) groups excluding carboxylic acids is 1. The zero-order chi connectivity index (χ0) is 17.9. The fourth-order valence-corrected chi connectivity index (χ4v) is 2.70. The van der Waals surface area contributed by atoms with Gasteiger partial charge in [0.05, 0.1) is 16.9 Å². The highest BCUT2D eigenvalue weighted by molar-refractivity contribution is 7.92.